The Morgan fingerprint density at radius 3 is 2.32 bits per heavy atom. The number of aliphatic hydroxyl groups excluding tert-OH is 2. The van der Waals surface area contributed by atoms with Crippen LogP contribution in [0.5, 0.6) is 0 Å². The molecule has 0 saturated carbocycles. The SMILES string of the molecule is CCCCCC(=O)CCC=CC=CC=CC(O)C(O)CCCC(=O)O. The fraction of sp³-hybridized carbons (Fsp3) is 0.600. The third-order valence-electron chi connectivity index (χ3n) is 3.71. The molecule has 25 heavy (non-hydrogen) atoms. The molecule has 0 aliphatic heterocycles. The Balaban J connectivity index is 3.85. The van der Waals surface area contributed by atoms with Crippen LogP contribution in [0, 0.1) is 0 Å². The van der Waals surface area contributed by atoms with Crippen LogP contribution in [0.2, 0.25) is 0 Å². The maximum atomic E-state index is 11.6. The molecule has 0 aromatic heterocycles. The van der Waals surface area contributed by atoms with E-state index in [2.05, 4.69) is 6.92 Å². The van der Waals surface area contributed by atoms with E-state index in [1.54, 1.807) is 18.2 Å². The minimum Gasteiger partial charge on any atom is -0.481 e. The highest BCUT2D eigenvalue weighted by molar-refractivity contribution is 5.78. The van der Waals surface area contributed by atoms with E-state index in [4.69, 9.17) is 5.11 Å². The van der Waals surface area contributed by atoms with E-state index in [1.165, 1.54) is 6.08 Å². The molecule has 0 amide bonds. The predicted molar refractivity (Wildman–Crippen MR) is 99.3 cm³/mol. The standard InChI is InChI=1S/C20H32O5/c1-2-3-8-12-17(21)13-9-6-4-5-7-10-14-18(22)19(23)15-11-16-20(24)25/h4-7,10,14,18-19,22-23H,2-3,8-9,11-13,15-16H2,1H3,(H,24,25). The van der Waals surface area contributed by atoms with Crippen molar-refractivity contribution < 1.29 is 24.9 Å². The van der Waals surface area contributed by atoms with Crippen molar-refractivity contribution in [3.05, 3.63) is 36.5 Å². The number of unbranched alkanes of at least 4 members (excludes halogenated alkanes) is 2. The molecule has 0 heterocycles. The van der Waals surface area contributed by atoms with Gasteiger partial charge in [-0.1, -0.05) is 56.2 Å². The van der Waals surface area contributed by atoms with Crippen LogP contribution in [0.1, 0.15) is 64.7 Å². The second-order valence-electron chi connectivity index (χ2n) is 6.08. The summed E-state index contributed by atoms with van der Waals surface area (Å²) >= 11 is 0. The Hall–Kier alpha value is -1.72. The zero-order valence-corrected chi connectivity index (χ0v) is 15.1. The second-order valence-corrected chi connectivity index (χ2v) is 6.08. The van der Waals surface area contributed by atoms with E-state index in [0.29, 0.717) is 25.0 Å². The largest absolute Gasteiger partial charge is 0.481 e. The van der Waals surface area contributed by atoms with Gasteiger partial charge in [-0.3, -0.25) is 9.59 Å². The van der Waals surface area contributed by atoms with Crippen LogP contribution in [0.15, 0.2) is 36.5 Å². The fourth-order valence-electron chi connectivity index (χ4n) is 2.18. The molecule has 0 bridgehead atoms. The van der Waals surface area contributed by atoms with Crippen LogP contribution < -0.4 is 0 Å². The maximum Gasteiger partial charge on any atom is 0.303 e. The van der Waals surface area contributed by atoms with Gasteiger partial charge in [-0.05, 0) is 25.7 Å². The first-order valence-electron chi connectivity index (χ1n) is 9.07. The van der Waals surface area contributed by atoms with Crippen molar-refractivity contribution in [1.82, 2.24) is 0 Å². The number of carbonyl (C=O) groups is 2. The summed E-state index contributed by atoms with van der Waals surface area (Å²) in [5.74, 6) is -0.600. The van der Waals surface area contributed by atoms with Gasteiger partial charge in [0.25, 0.3) is 0 Å². The number of ketones is 1. The minimum absolute atomic E-state index is 0.0146. The zero-order valence-electron chi connectivity index (χ0n) is 15.1. The van der Waals surface area contributed by atoms with Gasteiger partial charge in [-0.25, -0.2) is 0 Å². The van der Waals surface area contributed by atoms with Gasteiger partial charge in [0.1, 0.15) is 5.78 Å². The fourth-order valence-corrected chi connectivity index (χ4v) is 2.18. The van der Waals surface area contributed by atoms with E-state index < -0.39 is 18.2 Å². The van der Waals surface area contributed by atoms with E-state index in [1.807, 2.05) is 12.2 Å². The first-order chi connectivity index (χ1) is 12.0. The number of carboxylic acid groups (broad SMARTS) is 1. The van der Waals surface area contributed by atoms with Gasteiger partial charge in [0.2, 0.25) is 0 Å². The van der Waals surface area contributed by atoms with Gasteiger partial charge in [0.15, 0.2) is 0 Å². The molecule has 142 valence electrons. The second kappa shape index (κ2) is 15.8. The molecule has 5 nitrogen and oxygen atoms in total. The molecule has 2 atom stereocenters. The minimum atomic E-state index is -1.01. The lowest BCUT2D eigenvalue weighted by atomic mass is 10.1. The highest BCUT2D eigenvalue weighted by atomic mass is 16.4. The first-order valence-corrected chi connectivity index (χ1v) is 9.07. The van der Waals surface area contributed by atoms with Crippen LogP contribution in [0.25, 0.3) is 0 Å². The molecule has 2 unspecified atom stereocenters. The Morgan fingerprint density at radius 1 is 0.920 bits per heavy atom. The first kappa shape index (κ1) is 23.3. The van der Waals surface area contributed by atoms with E-state index in [0.717, 1.165) is 25.7 Å². The summed E-state index contributed by atoms with van der Waals surface area (Å²) in [6, 6.07) is 0. The molecule has 5 heteroatoms. The van der Waals surface area contributed by atoms with Crippen molar-refractivity contribution in [2.45, 2.75) is 76.9 Å². The molecule has 0 aliphatic rings. The maximum absolute atomic E-state index is 11.6. The van der Waals surface area contributed by atoms with Gasteiger partial charge in [0, 0.05) is 19.3 Å². The van der Waals surface area contributed by atoms with Crippen molar-refractivity contribution >= 4 is 11.8 Å². The van der Waals surface area contributed by atoms with Crippen LogP contribution in [-0.2, 0) is 9.59 Å². The average molecular weight is 352 g/mol. The van der Waals surface area contributed by atoms with Crippen molar-refractivity contribution in [2.75, 3.05) is 0 Å². The molecule has 3 N–H and O–H groups in total. The van der Waals surface area contributed by atoms with Crippen LogP contribution in [0.4, 0.5) is 0 Å². The molecule has 0 aliphatic carbocycles. The molecule has 0 radical (unpaired) electrons. The van der Waals surface area contributed by atoms with Crippen molar-refractivity contribution in [3.8, 4) is 0 Å². The van der Waals surface area contributed by atoms with Gasteiger partial charge in [-0.2, -0.15) is 0 Å². The topological polar surface area (TPSA) is 94.8 Å². The number of carboxylic acids is 1. The predicted octanol–water partition coefficient (Wildman–Crippen LogP) is 3.56. The van der Waals surface area contributed by atoms with Gasteiger partial charge < -0.3 is 15.3 Å². The summed E-state index contributed by atoms with van der Waals surface area (Å²) in [5, 5.41) is 27.9. The van der Waals surface area contributed by atoms with Crippen LogP contribution in [0.3, 0.4) is 0 Å². The monoisotopic (exact) mass is 352 g/mol. The molecule has 0 spiro atoms. The van der Waals surface area contributed by atoms with Crippen molar-refractivity contribution in [3.63, 3.8) is 0 Å². The molecule has 0 saturated heterocycles. The molecule has 0 aromatic rings. The molecular formula is C20H32O5. The van der Waals surface area contributed by atoms with Gasteiger partial charge >= 0.3 is 5.97 Å². The molecule has 0 aromatic carbocycles. The quantitative estimate of drug-likeness (QED) is 0.309. The lowest BCUT2D eigenvalue weighted by Gasteiger charge is -2.13. The van der Waals surface area contributed by atoms with Crippen LogP contribution >= 0.6 is 0 Å². The smallest absolute Gasteiger partial charge is 0.303 e. The summed E-state index contributed by atoms with van der Waals surface area (Å²) in [7, 11) is 0. The molecular weight excluding hydrogens is 320 g/mol. The summed E-state index contributed by atoms with van der Waals surface area (Å²) in [6.45, 7) is 2.12. The van der Waals surface area contributed by atoms with E-state index in [9.17, 15) is 19.8 Å². The normalized spacial score (nSPS) is 14.5. The summed E-state index contributed by atoms with van der Waals surface area (Å²) < 4.78 is 0. The number of carbonyl (C=O) groups excluding carboxylic acids is 1. The zero-order chi connectivity index (χ0) is 18.9. The number of Topliss-reactive ketones (excluding diaryl/α,β-unsaturated/α-hetero) is 1. The van der Waals surface area contributed by atoms with E-state index in [-0.39, 0.29) is 12.8 Å². The molecule has 0 rings (SSSR count). The Morgan fingerprint density at radius 2 is 1.64 bits per heavy atom. The van der Waals surface area contributed by atoms with Gasteiger partial charge in [-0.15, -0.1) is 0 Å². The highest BCUT2D eigenvalue weighted by Gasteiger charge is 2.12. The summed E-state index contributed by atoms with van der Waals surface area (Å²) in [4.78, 5) is 21.9. The lowest BCUT2D eigenvalue weighted by Crippen LogP contribution is -2.23. The van der Waals surface area contributed by atoms with Gasteiger partial charge in [0.05, 0.1) is 12.2 Å². The summed E-state index contributed by atoms with van der Waals surface area (Å²) in [6.07, 6.45) is 14.2. The molecule has 0 fully saturated rings. The Kier molecular flexibility index (Phi) is 14.7. The Labute approximate surface area is 150 Å². The van der Waals surface area contributed by atoms with Crippen molar-refractivity contribution in [1.29, 1.82) is 0 Å². The van der Waals surface area contributed by atoms with Crippen LogP contribution in [-0.4, -0.2) is 39.3 Å². The number of aliphatic carboxylic acids is 1. The Bertz CT molecular complexity index is 451. The third-order valence-corrected chi connectivity index (χ3v) is 3.71. The number of hydrogen-bond donors (Lipinski definition) is 3. The lowest BCUT2D eigenvalue weighted by molar-refractivity contribution is -0.137. The highest BCUT2D eigenvalue weighted by Crippen LogP contribution is 2.07. The number of rotatable bonds is 15. The number of allylic oxidation sites excluding steroid dienone is 5. The third kappa shape index (κ3) is 15.5. The van der Waals surface area contributed by atoms with Crippen molar-refractivity contribution in [2.24, 2.45) is 0 Å². The number of hydrogen-bond acceptors (Lipinski definition) is 4. The summed E-state index contributed by atoms with van der Waals surface area (Å²) in [5.41, 5.74) is 0. The van der Waals surface area contributed by atoms with E-state index >= 15 is 0 Å². The number of aliphatic hydroxyl groups is 2. The average Bonchev–Trinajstić information content (AvgIpc) is 2.56.